The van der Waals surface area contributed by atoms with Crippen molar-refractivity contribution >= 4 is 22.1 Å². The van der Waals surface area contributed by atoms with Crippen LogP contribution in [0.15, 0.2) is 0 Å². The number of nitrogens with two attached hydrogens (primary N) is 1. The largest absolute Gasteiger partial charge is 0.469 e. The van der Waals surface area contributed by atoms with Crippen molar-refractivity contribution in [2.75, 3.05) is 33.8 Å². The van der Waals surface area contributed by atoms with Crippen molar-refractivity contribution in [2.24, 2.45) is 5.73 Å². The number of unbranched alkanes of at least 4 members (excludes halogenated alkanes) is 1. The Labute approximate surface area is 120 Å². The fourth-order valence-electron chi connectivity index (χ4n) is 1.45. The maximum atomic E-state index is 12.3. The molecule has 0 aromatic heterocycles. The summed E-state index contributed by atoms with van der Waals surface area (Å²) in [6.45, 7) is 1.74. The lowest BCUT2D eigenvalue weighted by Gasteiger charge is -2.26. The lowest BCUT2D eigenvalue weighted by Crippen LogP contribution is -2.46. The minimum absolute atomic E-state index is 0.0175. The Morgan fingerprint density at radius 1 is 1.25 bits per heavy atom. The standard InChI is InChI=1S/C11H23N3O5S/c1-4-5-7-14(9-10(12)15)20(17,18)13(2)8-6-11(16)19-3/h4-9H2,1-3H3,(H2,12,15). The van der Waals surface area contributed by atoms with E-state index in [2.05, 4.69) is 4.74 Å². The molecular weight excluding hydrogens is 286 g/mol. The van der Waals surface area contributed by atoms with Gasteiger partial charge in [0.15, 0.2) is 0 Å². The number of rotatable bonds is 10. The lowest BCUT2D eigenvalue weighted by atomic mass is 10.3. The first-order valence-electron chi connectivity index (χ1n) is 6.32. The maximum absolute atomic E-state index is 12.3. The van der Waals surface area contributed by atoms with Gasteiger partial charge < -0.3 is 10.5 Å². The third-order valence-corrected chi connectivity index (χ3v) is 4.61. The van der Waals surface area contributed by atoms with Gasteiger partial charge in [-0.15, -0.1) is 0 Å². The highest BCUT2D eigenvalue weighted by Gasteiger charge is 2.28. The van der Waals surface area contributed by atoms with Gasteiger partial charge in [-0.25, -0.2) is 0 Å². The molecular formula is C11H23N3O5S. The van der Waals surface area contributed by atoms with Gasteiger partial charge >= 0.3 is 5.97 Å². The molecule has 9 heteroatoms. The molecule has 0 aromatic rings. The number of primary amides is 1. The number of hydrogen-bond acceptors (Lipinski definition) is 5. The van der Waals surface area contributed by atoms with Crippen molar-refractivity contribution < 1.29 is 22.7 Å². The highest BCUT2D eigenvalue weighted by Crippen LogP contribution is 2.09. The predicted octanol–water partition coefficient (Wildman–Crippen LogP) is -0.686. The number of esters is 1. The molecule has 0 aromatic carbocycles. The molecule has 0 aliphatic rings. The van der Waals surface area contributed by atoms with E-state index < -0.39 is 22.1 Å². The van der Waals surface area contributed by atoms with E-state index in [-0.39, 0.29) is 26.1 Å². The highest BCUT2D eigenvalue weighted by molar-refractivity contribution is 7.86. The Morgan fingerprint density at radius 2 is 1.85 bits per heavy atom. The Kier molecular flexibility index (Phi) is 8.35. The zero-order valence-electron chi connectivity index (χ0n) is 12.2. The maximum Gasteiger partial charge on any atom is 0.306 e. The molecule has 8 nitrogen and oxygen atoms in total. The van der Waals surface area contributed by atoms with E-state index in [0.717, 1.165) is 15.0 Å². The number of carbonyl (C=O) groups excluding carboxylic acids is 2. The summed E-state index contributed by atoms with van der Waals surface area (Å²) in [7, 11) is -1.24. The average Bonchev–Trinajstić information content (AvgIpc) is 2.39. The molecule has 0 saturated heterocycles. The van der Waals surface area contributed by atoms with Crippen molar-refractivity contribution in [2.45, 2.75) is 26.2 Å². The van der Waals surface area contributed by atoms with E-state index >= 15 is 0 Å². The van der Waals surface area contributed by atoms with E-state index in [1.165, 1.54) is 14.2 Å². The second kappa shape index (κ2) is 8.88. The summed E-state index contributed by atoms with van der Waals surface area (Å²) in [5.74, 6) is -1.21. The third-order valence-electron chi connectivity index (χ3n) is 2.67. The minimum atomic E-state index is -3.81. The molecule has 0 atom stereocenters. The van der Waals surface area contributed by atoms with Gasteiger partial charge in [0.25, 0.3) is 10.2 Å². The molecule has 1 amide bonds. The van der Waals surface area contributed by atoms with Crippen LogP contribution in [0.5, 0.6) is 0 Å². The van der Waals surface area contributed by atoms with Crippen LogP contribution in [0.3, 0.4) is 0 Å². The first-order chi connectivity index (χ1) is 9.25. The number of nitrogens with zero attached hydrogens (tertiary/aromatic N) is 2. The number of ether oxygens (including phenoxy) is 1. The van der Waals surface area contributed by atoms with Gasteiger partial charge in [-0.2, -0.15) is 17.0 Å². The fraction of sp³-hybridized carbons (Fsp3) is 0.818. The van der Waals surface area contributed by atoms with Gasteiger partial charge in [0.05, 0.1) is 20.1 Å². The van der Waals surface area contributed by atoms with E-state index in [1.54, 1.807) is 0 Å². The van der Waals surface area contributed by atoms with E-state index in [9.17, 15) is 18.0 Å². The minimum Gasteiger partial charge on any atom is -0.469 e. The van der Waals surface area contributed by atoms with Gasteiger partial charge in [0.2, 0.25) is 5.91 Å². The van der Waals surface area contributed by atoms with Crippen molar-refractivity contribution in [3.05, 3.63) is 0 Å². The van der Waals surface area contributed by atoms with Gasteiger partial charge in [-0.05, 0) is 6.42 Å². The quantitative estimate of drug-likeness (QED) is 0.537. The molecule has 0 saturated carbocycles. The van der Waals surface area contributed by atoms with Crippen molar-refractivity contribution in [1.82, 2.24) is 8.61 Å². The Balaban J connectivity index is 4.81. The Hall–Kier alpha value is -1.19. The first-order valence-corrected chi connectivity index (χ1v) is 7.71. The summed E-state index contributed by atoms with van der Waals surface area (Å²) < 4.78 is 31.0. The first kappa shape index (κ1) is 18.8. The lowest BCUT2D eigenvalue weighted by molar-refractivity contribution is -0.140. The third kappa shape index (κ3) is 6.31. The van der Waals surface area contributed by atoms with Crippen LogP contribution in [-0.4, -0.2) is 62.7 Å². The zero-order valence-corrected chi connectivity index (χ0v) is 13.0. The number of amides is 1. The van der Waals surface area contributed by atoms with Crippen LogP contribution < -0.4 is 5.73 Å². The van der Waals surface area contributed by atoms with Crippen LogP contribution in [-0.2, 0) is 24.5 Å². The monoisotopic (exact) mass is 309 g/mol. The number of methoxy groups -OCH3 is 1. The molecule has 118 valence electrons. The molecule has 0 aliphatic carbocycles. The molecule has 0 heterocycles. The van der Waals surface area contributed by atoms with Crippen LogP contribution in [0.1, 0.15) is 26.2 Å². The van der Waals surface area contributed by atoms with Crippen LogP contribution in [0.4, 0.5) is 0 Å². The van der Waals surface area contributed by atoms with Crippen LogP contribution in [0.25, 0.3) is 0 Å². The fourth-order valence-corrected chi connectivity index (χ4v) is 2.81. The van der Waals surface area contributed by atoms with Crippen LogP contribution in [0, 0.1) is 0 Å². The molecule has 0 aliphatic heterocycles. The molecule has 20 heavy (non-hydrogen) atoms. The van der Waals surface area contributed by atoms with Crippen molar-refractivity contribution in [3.8, 4) is 0 Å². The molecule has 0 radical (unpaired) electrons. The molecule has 0 fully saturated rings. The van der Waals surface area contributed by atoms with Gasteiger partial charge in [-0.1, -0.05) is 13.3 Å². The molecule has 0 rings (SSSR count). The summed E-state index contributed by atoms with van der Waals surface area (Å²) in [6, 6.07) is 0. The summed E-state index contributed by atoms with van der Waals surface area (Å²) in [6.07, 6.45) is 1.36. The van der Waals surface area contributed by atoms with E-state index in [0.29, 0.717) is 6.42 Å². The Morgan fingerprint density at radius 3 is 2.30 bits per heavy atom. The summed E-state index contributed by atoms with van der Waals surface area (Å²) >= 11 is 0. The Bertz CT molecular complexity index is 424. The zero-order chi connectivity index (χ0) is 15.8. The van der Waals surface area contributed by atoms with Gasteiger partial charge in [0.1, 0.15) is 0 Å². The SMILES string of the molecule is CCCCN(CC(N)=O)S(=O)(=O)N(C)CCC(=O)OC. The highest BCUT2D eigenvalue weighted by atomic mass is 32.2. The smallest absolute Gasteiger partial charge is 0.306 e. The summed E-state index contributed by atoms with van der Waals surface area (Å²) in [4.78, 5) is 22.0. The van der Waals surface area contributed by atoms with E-state index in [4.69, 9.17) is 5.73 Å². The topological polar surface area (TPSA) is 110 Å². The van der Waals surface area contributed by atoms with Gasteiger partial charge in [-0.3, -0.25) is 9.59 Å². The predicted molar refractivity (Wildman–Crippen MR) is 73.9 cm³/mol. The second-order valence-corrected chi connectivity index (χ2v) is 6.34. The normalized spacial score (nSPS) is 11.8. The molecule has 0 unspecified atom stereocenters. The average molecular weight is 309 g/mol. The summed E-state index contributed by atoms with van der Waals surface area (Å²) in [5.41, 5.74) is 5.07. The summed E-state index contributed by atoms with van der Waals surface area (Å²) in [5, 5.41) is 0. The van der Waals surface area contributed by atoms with Gasteiger partial charge in [0, 0.05) is 20.1 Å². The second-order valence-electron chi connectivity index (χ2n) is 4.31. The molecule has 0 spiro atoms. The number of carbonyl (C=O) groups is 2. The van der Waals surface area contributed by atoms with Crippen LogP contribution in [0.2, 0.25) is 0 Å². The van der Waals surface area contributed by atoms with Crippen LogP contribution >= 0.6 is 0 Å². The molecule has 0 bridgehead atoms. The van der Waals surface area contributed by atoms with Crippen molar-refractivity contribution in [3.63, 3.8) is 0 Å². The molecule has 2 N–H and O–H groups in total. The van der Waals surface area contributed by atoms with Crippen molar-refractivity contribution in [1.29, 1.82) is 0 Å². The van der Waals surface area contributed by atoms with E-state index in [1.807, 2.05) is 6.92 Å². The number of hydrogen-bond donors (Lipinski definition) is 1.